The van der Waals surface area contributed by atoms with Gasteiger partial charge in [0, 0.05) is 6.07 Å². The average molecular weight is 502 g/mol. The van der Waals surface area contributed by atoms with E-state index >= 15 is 0 Å². The topological polar surface area (TPSA) is 18.5 Å². The average Bonchev–Trinajstić information content (AvgIpc) is 3.29. The van der Waals surface area contributed by atoms with E-state index in [4.69, 9.17) is 0 Å². The summed E-state index contributed by atoms with van der Waals surface area (Å²) in [5.41, 5.74) is -0.178. The van der Waals surface area contributed by atoms with Crippen LogP contribution in [0.5, 0.6) is 11.5 Å². The fraction of sp³-hybridized carbons (Fsp3) is 0.280. The van der Waals surface area contributed by atoms with E-state index in [-0.39, 0.29) is 11.6 Å². The van der Waals surface area contributed by atoms with Gasteiger partial charge in [-0.15, -0.1) is 13.2 Å². The molecule has 2 nitrogen and oxygen atoms in total. The highest BCUT2D eigenvalue weighted by Gasteiger charge is 2.41. The van der Waals surface area contributed by atoms with Gasteiger partial charge in [0.1, 0.15) is 22.9 Å². The monoisotopic (exact) mass is 502 g/mol. The standard InChI is InChI=1S/C25H18F8O2/c26-19-13-18(9-10-22(19)35-25(31,32)33)34-24(29,30)23-20(27)11-17(12-21(23)28)16-7-5-15(6-8-16)14-3-1-2-4-14/h5-14H,1-4H2. The summed E-state index contributed by atoms with van der Waals surface area (Å²) >= 11 is 0. The molecule has 0 unspecified atom stereocenters. The van der Waals surface area contributed by atoms with Gasteiger partial charge in [0.15, 0.2) is 11.6 Å². The largest absolute Gasteiger partial charge is 0.573 e. The molecule has 3 aromatic rings. The second-order valence-corrected chi connectivity index (χ2v) is 8.18. The number of hydrogen-bond acceptors (Lipinski definition) is 2. The van der Waals surface area contributed by atoms with Crippen molar-refractivity contribution >= 4 is 0 Å². The molecule has 1 saturated carbocycles. The molecular weight excluding hydrogens is 484 g/mol. The van der Waals surface area contributed by atoms with Crippen molar-refractivity contribution in [1.29, 1.82) is 0 Å². The molecule has 0 atom stereocenters. The maximum atomic E-state index is 14.6. The molecule has 0 radical (unpaired) electrons. The van der Waals surface area contributed by atoms with E-state index < -0.39 is 47.0 Å². The van der Waals surface area contributed by atoms with E-state index in [0.717, 1.165) is 43.4 Å². The van der Waals surface area contributed by atoms with Crippen LogP contribution in [0.4, 0.5) is 35.1 Å². The molecule has 0 saturated heterocycles. The van der Waals surface area contributed by atoms with Gasteiger partial charge in [-0.05, 0) is 59.7 Å². The zero-order chi connectivity index (χ0) is 25.4. The Morgan fingerprint density at radius 2 is 1.26 bits per heavy atom. The molecule has 0 bridgehead atoms. The van der Waals surface area contributed by atoms with Crippen LogP contribution in [-0.4, -0.2) is 6.36 Å². The van der Waals surface area contributed by atoms with Crippen molar-refractivity contribution in [3.63, 3.8) is 0 Å². The number of halogens is 8. The molecule has 0 aromatic heterocycles. The molecule has 0 heterocycles. The van der Waals surface area contributed by atoms with E-state index in [2.05, 4.69) is 9.47 Å². The summed E-state index contributed by atoms with van der Waals surface area (Å²) in [6.07, 6.45) is -5.41. The van der Waals surface area contributed by atoms with Gasteiger partial charge in [0.2, 0.25) is 0 Å². The van der Waals surface area contributed by atoms with E-state index in [1.807, 2.05) is 12.1 Å². The third-order valence-electron chi connectivity index (χ3n) is 5.78. The number of rotatable bonds is 6. The first-order valence-electron chi connectivity index (χ1n) is 10.6. The summed E-state index contributed by atoms with van der Waals surface area (Å²) in [6.45, 7) is 0. The molecule has 1 aliphatic rings. The Morgan fingerprint density at radius 3 is 1.80 bits per heavy atom. The van der Waals surface area contributed by atoms with Crippen molar-refractivity contribution in [2.45, 2.75) is 44.1 Å². The lowest BCUT2D eigenvalue weighted by atomic mass is 9.94. The Labute approximate surface area is 195 Å². The van der Waals surface area contributed by atoms with Crippen LogP contribution in [0, 0.1) is 17.5 Å². The first kappa shape index (κ1) is 24.8. The first-order chi connectivity index (χ1) is 16.4. The minimum absolute atomic E-state index is 0.0252. The Morgan fingerprint density at radius 1 is 0.657 bits per heavy atom. The lowest BCUT2D eigenvalue weighted by molar-refractivity contribution is -0.275. The molecule has 0 N–H and O–H groups in total. The van der Waals surface area contributed by atoms with Crippen LogP contribution < -0.4 is 9.47 Å². The molecule has 3 aromatic carbocycles. The van der Waals surface area contributed by atoms with Crippen molar-refractivity contribution in [3.05, 3.63) is 83.2 Å². The van der Waals surface area contributed by atoms with Gasteiger partial charge in [-0.2, -0.15) is 8.78 Å². The summed E-state index contributed by atoms with van der Waals surface area (Å²) < 4.78 is 117. The van der Waals surface area contributed by atoms with Gasteiger partial charge in [0.25, 0.3) is 0 Å². The lowest BCUT2D eigenvalue weighted by Crippen LogP contribution is -2.25. The van der Waals surface area contributed by atoms with Crippen LogP contribution >= 0.6 is 0 Å². The third kappa shape index (κ3) is 5.68. The third-order valence-corrected chi connectivity index (χ3v) is 5.78. The van der Waals surface area contributed by atoms with Gasteiger partial charge >= 0.3 is 12.5 Å². The second-order valence-electron chi connectivity index (χ2n) is 8.18. The zero-order valence-corrected chi connectivity index (χ0v) is 17.9. The molecule has 1 fully saturated rings. The molecule has 0 amide bonds. The van der Waals surface area contributed by atoms with Crippen molar-refractivity contribution < 1.29 is 44.6 Å². The Balaban J connectivity index is 1.56. The van der Waals surface area contributed by atoms with Gasteiger partial charge in [-0.1, -0.05) is 37.1 Å². The normalized spacial score (nSPS) is 14.9. The molecule has 10 heteroatoms. The second kappa shape index (κ2) is 9.39. The predicted molar refractivity (Wildman–Crippen MR) is 111 cm³/mol. The number of ether oxygens (including phenoxy) is 2. The minimum atomic E-state index is -5.21. The molecule has 0 aliphatic heterocycles. The summed E-state index contributed by atoms with van der Waals surface area (Å²) in [6, 6.07) is 9.58. The quantitative estimate of drug-likeness (QED) is 0.315. The van der Waals surface area contributed by atoms with Crippen LogP contribution in [0.15, 0.2) is 54.6 Å². The lowest BCUT2D eigenvalue weighted by Gasteiger charge is -2.20. The fourth-order valence-corrected chi connectivity index (χ4v) is 4.18. The van der Waals surface area contributed by atoms with E-state index in [0.29, 0.717) is 23.6 Å². The first-order valence-corrected chi connectivity index (χ1v) is 10.6. The smallest absolute Gasteiger partial charge is 0.429 e. The number of alkyl halides is 5. The highest BCUT2D eigenvalue weighted by molar-refractivity contribution is 5.64. The number of benzene rings is 3. The molecule has 186 valence electrons. The summed E-state index contributed by atoms with van der Waals surface area (Å²) in [5.74, 6) is -6.70. The van der Waals surface area contributed by atoms with Crippen LogP contribution in [0.2, 0.25) is 0 Å². The van der Waals surface area contributed by atoms with Crippen molar-refractivity contribution in [3.8, 4) is 22.6 Å². The highest BCUT2D eigenvalue weighted by atomic mass is 19.4. The van der Waals surface area contributed by atoms with Gasteiger partial charge in [-0.3, -0.25) is 0 Å². The Bertz CT molecular complexity index is 1180. The Hall–Kier alpha value is -3.30. The summed E-state index contributed by atoms with van der Waals surface area (Å²) in [4.78, 5) is 0. The van der Waals surface area contributed by atoms with E-state index in [1.165, 1.54) is 0 Å². The predicted octanol–water partition coefficient (Wildman–Crippen LogP) is 8.46. The van der Waals surface area contributed by atoms with Crippen LogP contribution in [0.3, 0.4) is 0 Å². The molecule has 4 rings (SSSR count). The van der Waals surface area contributed by atoms with Gasteiger partial charge in [0.05, 0.1) is 0 Å². The van der Waals surface area contributed by atoms with Gasteiger partial charge < -0.3 is 9.47 Å². The van der Waals surface area contributed by atoms with Crippen molar-refractivity contribution in [1.82, 2.24) is 0 Å². The van der Waals surface area contributed by atoms with Crippen molar-refractivity contribution in [2.24, 2.45) is 0 Å². The van der Waals surface area contributed by atoms with Gasteiger partial charge in [-0.25, -0.2) is 13.2 Å². The summed E-state index contributed by atoms with van der Waals surface area (Å²) in [7, 11) is 0. The van der Waals surface area contributed by atoms with E-state index in [9.17, 15) is 35.1 Å². The summed E-state index contributed by atoms with van der Waals surface area (Å²) in [5, 5.41) is 0. The Kier molecular flexibility index (Phi) is 6.66. The van der Waals surface area contributed by atoms with Crippen LogP contribution in [0.1, 0.15) is 42.7 Å². The molecule has 1 aliphatic carbocycles. The van der Waals surface area contributed by atoms with Crippen molar-refractivity contribution in [2.75, 3.05) is 0 Å². The van der Waals surface area contributed by atoms with Crippen LogP contribution in [-0.2, 0) is 6.11 Å². The zero-order valence-electron chi connectivity index (χ0n) is 17.9. The maximum absolute atomic E-state index is 14.6. The van der Waals surface area contributed by atoms with Crippen LogP contribution in [0.25, 0.3) is 11.1 Å². The molecule has 35 heavy (non-hydrogen) atoms. The molecule has 0 spiro atoms. The van der Waals surface area contributed by atoms with E-state index in [1.54, 1.807) is 12.1 Å². The molecular formula is C25H18F8O2. The SMILES string of the molecule is Fc1cc(OC(F)(F)c2c(F)cc(-c3ccc(C4CCCC4)cc3)cc2F)ccc1OC(F)(F)F. The minimum Gasteiger partial charge on any atom is -0.429 e. The number of hydrogen-bond donors (Lipinski definition) is 0. The maximum Gasteiger partial charge on any atom is 0.573 e. The fourth-order valence-electron chi connectivity index (χ4n) is 4.18. The highest BCUT2D eigenvalue weighted by Crippen LogP contribution is 2.39.